The molecule has 31 heavy (non-hydrogen) atoms. The number of pyridine rings is 1. The summed E-state index contributed by atoms with van der Waals surface area (Å²) in [5, 5.41) is 12.5. The van der Waals surface area contributed by atoms with E-state index in [1.165, 1.54) is 7.11 Å². The molecular formula is C22H32N4O5. The Bertz CT molecular complexity index is 826. The van der Waals surface area contributed by atoms with Crippen LogP contribution in [0.4, 0.5) is 16.3 Å². The summed E-state index contributed by atoms with van der Waals surface area (Å²) in [6.45, 7) is 2.08. The Balaban J connectivity index is 1.55. The highest BCUT2D eigenvalue weighted by molar-refractivity contribution is 5.90. The van der Waals surface area contributed by atoms with Gasteiger partial charge in [0.15, 0.2) is 5.82 Å². The first-order valence-electron chi connectivity index (χ1n) is 11.1. The lowest BCUT2D eigenvalue weighted by Gasteiger charge is -2.41. The summed E-state index contributed by atoms with van der Waals surface area (Å²) in [6.07, 6.45) is 5.04. The summed E-state index contributed by atoms with van der Waals surface area (Å²) in [6, 6.07) is 3.67. The molecule has 1 aromatic rings. The molecule has 9 nitrogen and oxygen atoms in total. The number of hydrogen-bond donors (Lipinski definition) is 2. The Labute approximate surface area is 182 Å². The molecule has 2 aliphatic heterocycles. The number of aromatic nitrogens is 1. The predicted octanol–water partition coefficient (Wildman–Crippen LogP) is 2.39. The molecule has 3 fully saturated rings. The van der Waals surface area contributed by atoms with Crippen molar-refractivity contribution in [3.05, 3.63) is 12.1 Å². The molecule has 170 valence electrons. The second kappa shape index (κ2) is 8.90. The molecule has 3 aliphatic rings. The molecule has 1 saturated carbocycles. The van der Waals surface area contributed by atoms with Crippen molar-refractivity contribution in [1.29, 1.82) is 0 Å². The van der Waals surface area contributed by atoms with Gasteiger partial charge >= 0.3 is 6.09 Å². The first-order chi connectivity index (χ1) is 15.0. The predicted molar refractivity (Wildman–Crippen MR) is 115 cm³/mol. The minimum Gasteiger partial charge on any atom is -0.481 e. The fourth-order valence-corrected chi connectivity index (χ4v) is 5.30. The standard InChI is InChI=1S/C22H32N4O5/c1-30-18-9-8-17(23-21(29)31-2)19(24-18)25-12-3-10-22(14-25)11-13-26(20(22)28)15-4-6-16(27)7-5-15/h8-9,15-16,27H,3-7,10-14H2,1-2H3,(H,23,29)/t15-,16-,22-/m1/s1. The van der Waals surface area contributed by atoms with Gasteiger partial charge in [-0.15, -0.1) is 0 Å². The number of carbonyl (C=O) groups is 2. The molecule has 1 aromatic heterocycles. The summed E-state index contributed by atoms with van der Waals surface area (Å²) in [4.78, 5) is 34.1. The number of amides is 2. The van der Waals surface area contributed by atoms with Crippen LogP contribution in [0, 0.1) is 5.41 Å². The van der Waals surface area contributed by atoms with Crippen LogP contribution < -0.4 is 15.0 Å². The maximum absolute atomic E-state index is 13.6. The lowest BCUT2D eigenvalue weighted by atomic mass is 9.78. The number of ether oxygens (including phenoxy) is 2. The van der Waals surface area contributed by atoms with E-state index in [4.69, 9.17) is 9.47 Å². The molecule has 1 atom stereocenters. The number of aliphatic hydroxyl groups excluding tert-OH is 1. The molecular weight excluding hydrogens is 400 g/mol. The summed E-state index contributed by atoms with van der Waals surface area (Å²) >= 11 is 0. The van der Waals surface area contributed by atoms with E-state index in [2.05, 4.69) is 20.1 Å². The third-order valence-corrected chi connectivity index (χ3v) is 7.01. The average Bonchev–Trinajstić information content (AvgIpc) is 3.09. The van der Waals surface area contributed by atoms with Gasteiger partial charge in [0.2, 0.25) is 11.8 Å². The van der Waals surface area contributed by atoms with E-state index in [0.717, 1.165) is 58.0 Å². The minimum absolute atomic E-state index is 0.226. The summed E-state index contributed by atoms with van der Waals surface area (Å²) in [7, 11) is 2.87. The summed E-state index contributed by atoms with van der Waals surface area (Å²) in [5.41, 5.74) is 0.106. The van der Waals surface area contributed by atoms with Gasteiger partial charge in [0, 0.05) is 31.7 Å². The maximum Gasteiger partial charge on any atom is 0.411 e. The van der Waals surface area contributed by atoms with E-state index in [0.29, 0.717) is 23.9 Å². The Morgan fingerprint density at radius 1 is 1.19 bits per heavy atom. The second-order valence-electron chi connectivity index (χ2n) is 8.86. The fourth-order valence-electron chi connectivity index (χ4n) is 5.30. The van der Waals surface area contributed by atoms with Crippen molar-refractivity contribution in [2.45, 2.75) is 57.1 Å². The molecule has 2 amide bonds. The van der Waals surface area contributed by atoms with Crippen LogP contribution in [0.25, 0.3) is 0 Å². The van der Waals surface area contributed by atoms with Gasteiger partial charge in [-0.05, 0) is 51.0 Å². The highest BCUT2D eigenvalue weighted by Gasteiger charge is 2.51. The van der Waals surface area contributed by atoms with Gasteiger partial charge in [-0.3, -0.25) is 10.1 Å². The number of likely N-dealkylation sites (tertiary alicyclic amines) is 1. The molecule has 1 spiro atoms. The minimum atomic E-state index is -0.567. The Kier molecular flexibility index (Phi) is 6.22. The van der Waals surface area contributed by atoms with Gasteiger partial charge in [-0.25, -0.2) is 4.79 Å². The number of hydrogen-bond acceptors (Lipinski definition) is 7. The Hall–Kier alpha value is -2.55. The van der Waals surface area contributed by atoms with Crippen LogP contribution in [0.5, 0.6) is 5.88 Å². The zero-order chi connectivity index (χ0) is 22.0. The van der Waals surface area contributed by atoms with E-state index in [9.17, 15) is 14.7 Å². The number of rotatable bonds is 4. The van der Waals surface area contributed by atoms with E-state index in [1.54, 1.807) is 19.2 Å². The highest BCUT2D eigenvalue weighted by atomic mass is 16.5. The molecule has 4 rings (SSSR count). The third kappa shape index (κ3) is 4.28. The molecule has 0 aromatic carbocycles. The zero-order valence-corrected chi connectivity index (χ0v) is 18.3. The van der Waals surface area contributed by atoms with Crippen LogP contribution in [-0.2, 0) is 9.53 Å². The topological polar surface area (TPSA) is 104 Å². The number of carbonyl (C=O) groups excluding carboxylic acids is 2. The molecule has 1 aliphatic carbocycles. The van der Waals surface area contributed by atoms with Crippen molar-refractivity contribution in [2.75, 3.05) is 44.1 Å². The van der Waals surface area contributed by atoms with Crippen molar-refractivity contribution < 1.29 is 24.2 Å². The van der Waals surface area contributed by atoms with Crippen LogP contribution in [0.15, 0.2) is 12.1 Å². The lowest BCUT2D eigenvalue weighted by Crippen LogP contribution is -2.50. The number of nitrogens with zero attached hydrogens (tertiary/aromatic N) is 3. The van der Waals surface area contributed by atoms with Gasteiger partial charge in [-0.1, -0.05) is 0 Å². The largest absolute Gasteiger partial charge is 0.481 e. The van der Waals surface area contributed by atoms with Crippen LogP contribution in [0.1, 0.15) is 44.9 Å². The molecule has 2 N–H and O–H groups in total. The smallest absolute Gasteiger partial charge is 0.411 e. The maximum atomic E-state index is 13.6. The molecule has 3 heterocycles. The second-order valence-corrected chi connectivity index (χ2v) is 8.86. The van der Waals surface area contributed by atoms with Crippen molar-refractivity contribution in [1.82, 2.24) is 9.88 Å². The van der Waals surface area contributed by atoms with Gasteiger partial charge in [0.05, 0.1) is 31.4 Å². The quantitative estimate of drug-likeness (QED) is 0.753. The molecule has 0 radical (unpaired) electrons. The van der Waals surface area contributed by atoms with E-state index >= 15 is 0 Å². The SMILES string of the molecule is COC(=O)Nc1ccc(OC)nc1N1CCC[C@@]2(CCN([C@H]3CC[C@H](O)CC3)C2=O)C1. The number of nitrogens with one attached hydrogen (secondary N) is 1. The van der Waals surface area contributed by atoms with Crippen LogP contribution in [0.2, 0.25) is 0 Å². The Morgan fingerprint density at radius 3 is 2.68 bits per heavy atom. The first-order valence-corrected chi connectivity index (χ1v) is 11.1. The van der Waals surface area contributed by atoms with E-state index in [-0.39, 0.29) is 18.1 Å². The molecule has 0 bridgehead atoms. The van der Waals surface area contributed by atoms with Gasteiger partial charge in [-0.2, -0.15) is 4.98 Å². The van der Waals surface area contributed by atoms with Crippen LogP contribution >= 0.6 is 0 Å². The van der Waals surface area contributed by atoms with Crippen molar-refractivity contribution in [3.63, 3.8) is 0 Å². The van der Waals surface area contributed by atoms with Gasteiger partial charge in [0.25, 0.3) is 0 Å². The molecule has 0 unspecified atom stereocenters. The molecule has 9 heteroatoms. The fraction of sp³-hybridized carbons (Fsp3) is 0.682. The number of aliphatic hydroxyl groups is 1. The normalized spacial score (nSPS) is 28.7. The van der Waals surface area contributed by atoms with Gasteiger partial charge in [0.1, 0.15) is 0 Å². The van der Waals surface area contributed by atoms with Crippen LogP contribution in [-0.4, -0.2) is 73.0 Å². The average molecular weight is 433 g/mol. The lowest BCUT2D eigenvalue weighted by molar-refractivity contribution is -0.139. The monoisotopic (exact) mass is 432 g/mol. The molecule has 2 saturated heterocycles. The Morgan fingerprint density at radius 2 is 1.97 bits per heavy atom. The van der Waals surface area contributed by atoms with E-state index < -0.39 is 11.5 Å². The van der Waals surface area contributed by atoms with Crippen LogP contribution in [0.3, 0.4) is 0 Å². The number of piperidine rings is 1. The van der Waals surface area contributed by atoms with E-state index in [1.807, 2.05) is 0 Å². The summed E-state index contributed by atoms with van der Waals surface area (Å²) in [5.74, 6) is 1.27. The first kappa shape index (κ1) is 21.7. The third-order valence-electron chi connectivity index (χ3n) is 7.01. The number of methoxy groups -OCH3 is 2. The van der Waals surface area contributed by atoms with Crippen molar-refractivity contribution in [3.8, 4) is 5.88 Å². The summed E-state index contributed by atoms with van der Waals surface area (Å²) < 4.78 is 10.0. The zero-order valence-electron chi connectivity index (χ0n) is 18.3. The number of anilines is 2. The van der Waals surface area contributed by atoms with Crippen molar-refractivity contribution in [2.24, 2.45) is 5.41 Å². The van der Waals surface area contributed by atoms with Crippen molar-refractivity contribution >= 4 is 23.5 Å². The van der Waals surface area contributed by atoms with Gasteiger partial charge < -0.3 is 24.4 Å². The highest BCUT2D eigenvalue weighted by Crippen LogP contribution is 2.44.